The van der Waals surface area contributed by atoms with Gasteiger partial charge in [-0.3, -0.25) is 10.1 Å². The average molecular weight is 385 g/mol. The molecule has 1 atom stereocenters. The highest BCUT2D eigenvalue weighted by atomic mass is 19.1. The van der Waals surface area contributed by atoms with Gasteiger partial charge in [-0.15, -0.1) is 0 Å². The summed E-state index contributed by atoms with van der Waals surface area (Å²) in [7, 11) is 0. The molecule has 1 unspecified atom stereocenters. The van der Waals surface area contributed by atoms with Crippen molar-refractivity contribution in [3.8, 4) is 0 Å². The van der Waals surface area contributed by atoms with Crippen molar-refractivity contribution in [2.75, 3.05) is 25.0 Å². The van der Waals surface area contributed by atoms with Crippen molar-refractivity contribution in [1.82, 2.24) is 14.9 Å². The number of fused-ring (bicyclic) bond motifs is 3. The molecule has 3 aliphatic rings. The molecule has 7 nitrogen and oxygen atoms in total. The zero-order valence-electron chi connectivity index (χ0n) is 16.1. The molecule has 1 aromatic heterocycles. The van der Waals surface area contributed by atoms with Gasteiger partial charge in [0.25, 0.3) is 0 Å². The Morgan fingerprint density at radius 2 is 2.04 bits per heavy atom. The molecule has 2 bridgehead atoms. The predicted octanol–water partition coefficient (Wildman–Crippen LogP) is 3.56. The summed E-state index contributed by atoms with van der Waals surface area (Å²) >= 11 is 0. The first kappa shape index (κ1) is 18.7. The van der Waals surface area contributed by atoms with Gasteiger partial charge < -0.3 is 10.2 Å². The number of nitro groups is 1. The second kappa shape index (κ2) is 7.43. The number of nitrogens with one attached hydrogen (secondary N) is 1. The smallest absolute Gasteiger partial charge is 0.332 e. The van der Waals surface area contributed by atoms with Crippen LogP contribution in [-0.2, 0) is 6.54 Å². The summed E-state index contributed by atoms with van der Waals surface area (Å²) in [5.74, 6) is 1.31. The van der Waals surface area contributed by atoms with Gasteiger partial charge in [0.15, 0.2) is 0 Å². The maximum atomic E-state index is 14.7. The summed E-state index contributed by atoms with van der Waals surface area (Å²) in [6.45, 7) is 6.69. The van der Waals surface area contributed by atoms with Crippen LogP contribution in [0.2, 0.25) is 0 Å². The minimum Gasteiger partial charge on any atom is -0.360 e. The molecule has 0 amide bonds. The number of hydrogen-bond donors (Lipinski definition) is 1. The molecule has 0 spiro atoms. The third-order valence-corrected chi connectivity index (χ3v) is 5.96. The fourth-order valence-electron chi connectivity index (χ4n) is 4.51. The molecule has 1 N–H and O–H groups in total. The lowest BCUT2D eigenvalue weighted by Crippen LogP contribution is -2.46. The van der Waals surface area contributed by atoms with Crippen LogP contribution in [0.3, 0.4) is 0 Å². The lowest BCUT2D eigenvalue weighted by atomic mass is 9.75. The highest BCUT2D eigenvalue weighted by molar-refractivity contribution is 5.58. The lowest BCUT2D eigenvalue weighted by molar-refractivity contribution is -0.385. The van der Waals surface area contributed by atoms with Gasteiger partial charge >= 0.3 is 5.69 Å². The van der Waals surface area contributed by atoms with Gasteiger partial charge in [0.1, 0.15) is 17.3 Å². The van der Waals surface area contributed by atoms with E-state index >= 15 is 0 Å². The molecule has 8 heteroatoms. The number of nitrogens with zero attached hydrogens (tertiary/aromatic N) is 4. The first-order valence-electron chi connectivity index (χ1n) is 9.66. The Kier molecular flexibility index (Phi) is 4.97. The molecule has 0 aliphatic carbocycles. The lowest BCUT2D eigenvalue weighted by Gasteiger charge is -2.45. The summed E-state index contributed by atoms with van der Waals surface area (Å²) in [4.78, 5) is 21.4. The van der Waals surface area contributed by atoms with Gasteiger partial charge in [0, 0.05) is 18.7 Å². The van der Waals surface area contributed by atoms with Gasteiger partial charge in [-0.25, -0.2) is 14.4 Å². The van der Waals surface area contributed by atoms with Crippen LogP contribution < -0.4 is 5.32 Å². The quantitative estimate of drug-likeness (QED) is 0.626. The molecule has 3 saturated heterocycles. The van der Waals surface area contributed by atoms with Crippen molar-refractivity contribution in [1.29, 1.82) is 0 Å². The minimum atomic E-state index is -0.510. The first-order chi connectivity index (χ1) is 13.4. The molecule has 3 aliphatic heterocycles. The Hall–Kier alpha value is -2.61. The maximum absolute atomic E-state index is 14.7. The van der Waals surface area contributed by atoms with Crippen LogP contribution in [0.25, 0.3) is 0 Å². The topological polar surface area (TPSA) is 84.2 Å². The van der Waals surface area contributed by atoms with Gasteiger partial charge in [0.2, 0.25) is 5.82 Å². The summed E-state index contributed by atoms with van der Waals surface area (Å²) in [5.41, 5.74) is 1.64. The molecule has 5 rings (SSSR count). The zero-order chi connectivity index (χ0) is 19.8. The highest BCUT2D eigenvalue weighted by Crippen LogP contribution is 2.39. The van der Waals surface area contributed by atoms with E-state index in [0.29, 0.717) is 23.2 Å². The molecule has 4 heterocycles. The zero-order valence-corrected chi connectivity index (χ0v) is 16.1. The largest absolute Gasteiger partial charge is 0.360 e. The van der Waals surface area contributed by atoms with Crippen LogP contribution in [0.1, 0.15) is 41.4 Å². The second-order valence-electron chi connectivity index (χ2n) is 7.76. The summed E-state index contributed by atoms with van der Waals surface area (Å²) in [6, 6.07) is 5.41. The maximum Gasteiger partial charge on any atom is 0.332 e. The van der Waals surface area contributed by atoms with Crippen LogP contribution >= 0.6 is 0 Å². The van der Waals surface area contributed by atoms with Crippen molar-refractivity contribution < 1.29 is 9.31 Å². The van der Waals surface area contributed by atoms with E-state index in [1.807, 2.05) is 6.07 Å². The van der Waals surface area contributed by atoms with E-state index in [-0.39, 0.29) is 29.6 Å². The number of benzene rings is 1. The van der Waals surface area contributed by atoms with Gasteiger partial charge in [-0.1, -0.05) is 12.1 Å². The number of hydrogen-bond acceptors (Lipinski definition) is 6. The van der Waals surface area contributed by atoms with Crippen LogP contribution in [0.4, 0.5) is 15.9 Å². The summed E-state index contributed by atoms with van der Waals surface area (Å²) < 4.78 is 14.7. The Labute approximate surface area is 163 Å². The van der Waals surface area contributed by atoms with Gasteiger partial charge in [0.05, 0.1) is 4.92 Å². The van der Waals surface area contributed by atoms with Crippen LogP contribution in [0.5, 0.6) is 0 Å². The van der Waals surface area contributed by atoms with Crippen molar-refractivity contribution in [2.45, 2.75) is 39.2 Å². The van der Waals surface area contributed by atoms with E-state index in [0.717, 1.165) is 25.2 Å². The highest BCUT2D eigenvalue weighted by Gasteiger charge is 2.35. The molecule has 3 fully saturated rings. The van der Waals surface area contributed by atoms with Crippen LogP contribution in [0, 0.1) is 35.7 Å². The van der Waals surface area contributed by atoms with E-state index in [1.165, 1.54) is 12.8 Å². The number of anilines is 1. The average Bonchev–Trinajstić information content (AvgIpc) is 2.67. The third kappa shape index (κ3) is 3.56. The monoisotopic (exact) mass is 385 g/mol. The van der Waals surface area contributed by atoms with E-state index in [4.69, 9.17) is 0 Å². The van der Waals surface area contributed by atoms with E-state index in [9.17, 15) is 14.5 Å². The van der Waals surface area contributed by atoms with Crippen molar-refractivity contribution in [3.63, 3.8) is 0 Å². The van der Waals surface area contributed by atoms with E-state index in [1.54, 1.807) is 26.0 Å². The fraction of sp³-hybridized carbons (Fsp3) is 0.500. The molecule has 148 valence electrons. The molecule has 2 aromatic rings. The number of piperidine rings is 3. The van der Waals surface area contributed by atoms with Crippen molar-refractivity contribution >= 4 is 11.5 Å². The van der Waals surface area contributed by atoms with Crippen LogP contribution in [-0.4, -0.2) is 39.4 Å². The Balaban J connectivity index is 1.52. The molecular formula is C20H24FN5O2. The number of aryl methyl sites for hydroxylation is 2. The molecule has 0 radical (unpaired) electrons. The normalized spacial score (nSPS) is 23.6. The summed E-state index contributed by atoms with van der Waals surface area (Å²) in [6.07, 6.45) is 2.37. The molecule has 0 saturated carbocycles. The molecular weight excluding hydrogens is 361 g/mol. The van der Waals surface area contributed by atoms with Crippen molar-refractivity contribution in [3.05, 3.63) is 56.8 Å². The molecule has 1 aromatic carbocycles. The number of aromatic nitrogens is 2. The third-order valence-electron chi connectivity index (χ3n) is 5.96. The number of rotatable bonds is 5. The Morgan fingerprint density at radius 1 is 1.29 bits per heavy atom. The number of halogens is 1. The SMILES string of the molecule is Cc1nc(C)c([N+](=O)[O-])c(NCc2ccc(C3CN4CCC3CC4)cc2F)n1. The Morgan fingerprint density at radius 3 is 2.64 bits per heavy atom. The first-order valence-corrected chi connectivity index (χ1v) is 9.66. The standard InChI is InChI=1S/C20H24FN5O2/c1-12-19(26(27)28)20(24-13(2)23-12)22-10-16-4-3-15(9-18(16)21)17-11-25-7-5-14(17)6-8-25/h3-4,9,14,17H,5-8,10-11H2,1-2H3,(H,22,23,24). The van der Waals surface area contributed by atoms with Crippen LogP contribution in [0.15, 0.2) is 18.2 Å². The van der Waals surface area contributed by atoms with E-state index < -0.39 is 4.92 Å². The minimum absolute atomic E-state index is 0.121. The Bertz CT molecular complexity index is 912. The molecule has 28 heavy (non-hydrogen) atoms. The van der Waals surface area contributed by atoms with E-state index in [2.05, 4.69) is 20.2 Å². The second-order valence-corrected chi connectivity index (χ2v) is 7.76. The van der Waals surface area contributed by atoms with Gasteiger partial charge in [-0.05, 0) is 63.2 Å². The predicted molar refractivity (Wildman–Crippen MR) is 104 cm³/mol. The fourth-order valence-corrected chi connectivity index (χ4v) is 4.51. The van der Waals surface area contributed by atoms with Gasteiger partial charge in [-0.2, -0.15) is 0 Å². The van der Waals surface area contributed by atoms with Crippen molar-refractivity contribution in [2.24, 2.45) is 5.92 Å². The summed E-state index contributed by atoms with van der Waals surface area (Å²) in [5, 5.41) is 14.2.